The van der Waals surface area contributed by atoms with Gasteiger partial charge in [-0.1, -0.05) is 30.3 Å². The van der Waals surface area contributed by atoms with E-state index in [2.05, 4.69) is 5.32 Å². The number of benzene rings is 3. The summed E-state index contributed by atoms with van der Waals surface area (Å²) < 4.78 is 11.5. The van der Waals surface area contributed by atoms with Crippen LogP contribution in [-0.2, 0) is 30.5 Å². The minimum absolute atomic E-state index is 0.175. The maximum atomic E-state index is 14.0. The number of nitrogens with one attached hydrogen (secondary N) is 1. The molecule has 4 atom stereocenters. The number of esters is 2. The number of hydrogen-bond donors (Lipinski definition) is 9. The topological polar surface area (TPSA) is 244 Å². The number of aliphatic hydroxyl groups excluding tert-OH is 2. The summed E-state index contributed by atoms with van der Waals surface area (Å²) in [5.74, 6) is -5.64. The Morgan fingerprint density at radius 2 is 1.56 bits per heavy atom. The Morgan fingerprint density at radius 3 is 2.17 bits per heavy atom. The number of rotatable bonds is 11. The van der Waals surface area contributed by atoms with Crippen LogP contribution in [0.2, 0.25) is 0 Å². The van der Waals surface area contributed by atoms with Crippen molar-refractivity contribution in [3.05, 3.63) is 89.0 Å². The van der Waals surface area contributed by atoms with E-state index in [9.17, 15) is 55.2 Å². The molecule has 0 saturated heterocycles. The molecule has 0 heterocycles. The highest BCUT2D eigenvalue weighted by molar-refractivity contribution is 6.21. The second-order valence-electron chi connectivity index (χ2n) is 11.3. The lowest BCUT2D eigenvalue weighted by Gasteiger charge is -2.49. The molecule has 9 N–H and O–H groups in total. The maximum absolute atomic E-state index is 14.0. The van der Waals surface area contributed by atoms with E-state index in [1.165, 1.54) is 67.7 Å². The molecule has 0 amide bonds. The summed E-state index contributed by atoms with van der Waals surface area (Å²) in [6.07, 6.45) is -1.78. The van der Waals surface area contributed by atoms with Gasteiger partial charge in [-0.05, 0) is 71.8 Å². The fraction of sp³-hybridized carbons (Fsp3) is 0.265. The number of carboxylic acid groups (broad SMARTS) is 1. The van der Waals surface area contributed by atoms with E-state index < -0.39 is 71.4 Å². The molecule has 0 bridgehead atoms. The van der Waals surface area contributed by atoms with E-state index in [1.54, 1.807) is 12.1 Å². The summed E-state index contributed by atoms with van der Waals surface area (Å²) in [5.41, 5.74) is -3.75. The normalized spacial score (nSPS) is 22.7. The van der Waals surface area contributed by atoms with Gasteiger partial charge in [-0.15, -0.1) is 0 Å². The third kappa shape index (κ3) is 7.75. The molecule has 0 radical (unpaired) electrons. The van der Waals surface area contributed by atoms with Gasteiger partial charge in [-0.25, -0.2) is 14.4 Å². The van der Waals surface area contributed by atoms with Gasteiger partial charge in [0.25, 0.3) is 0 Å². The van der Waals surface area contributed by atoms with Crippen molar-refractivity contribution in [2.75, 3.05) is 13.6 Å². The first-order valence-corrected chi connectivity index (χ1v) is 14.6. The highest BCUT2D eigenvalue weighted by Crippen LogP contribution is 2.41. The molecule has 1 aliphatic rings. The van der Waals surface area contributed by atoms with Crippen LogP contribution in [0.5, 0.6) is 23.0 Å². The number of aliphatic carboxylic acids is 1. The number of hydrogen-bond acceptors (Lipinski definition) is 13. The monoisotopic (exact) mass is 665 g/mol. The summed E-state index contributed by atoms with van der Waals surface area (Å²) in [5, 5.41) is 83.7. The molecular weight excluding hydrogens is 630 g/mol. The molecule has 14 heteroatoms. The van der Waals surface area contributed by atoms with Crippen LogP contribution in [0.15, 0.2) is 66.7 Å². The number of ether oxygens (including phenoxy) is 2. The summed E-state index contributed by atoms with van der Waals surface area (Å²) in [6.45, 7) is -0.749. The Balaban J connectivity index is 1.77. The van der Waals surface area contributed by atoms with Crippen LogP contribution < -0.4 is 5.32 Å². The van der Waals surface area contributed by atoms with Crippen LogP contribution in [0.25, 0.3) is 17.7 Å². The fourth-order valence-corrected chi connectivity index (χ4v) is 5.38. The van der Waals surface area contributed by atoms with Gasteiger partial charge >= 0.3 is 17.9 Å². The summed E-state index contributed by atoms with van der Waals surface area (Å²) in [6, 6.07) is 13.6. The number of aliphatic hydroxyl groups is 3. The van der Waals surface area contributed by atoms with Crippen molar-refractivity contribution in [3.8, 4) is 23.0 Å². The second-order valence-corrected chi connectivity index (χ2v) is 11.3. The Labute approximate surface area is 274 Å². The quantitative estimate of drug-likeness (QED) is 0.0612. The zero-order chi connectivity index (χ0) is 35.2. The highest BCUT2D eigenvalue weighted by atomic mass is 16.6. The van der Waals surface area contributed by atoms with Gasteiger partial charge in [0.05, 0.1) is 12.2 Å². The highest BCUT2D eigenvalue weighted by Gasteiger charge is 2.61. The molecule has 1 aliphatic carbocycles. The Morgan fingerprint density at radius 1 is 0.917 bits per heavy atom. The SMILES string of the molecule is CNC[C@@]1(OC(=O)C=Cc2ccc(O)c(O)c2)[C@H](O)C[C@](O)(C(=O)O)C[C@H]1OC(=O)C(=Cc1ccc(O)c(O)c1)c1cccc(CO)c1. The van der Waals surface area contributed by atoms with E-state index in [4.69, 9.17) is 9.47 Å². The first-order valence-electron chi connectivity index (χ1n) is 14.6. The summed E-state index contributed by atoms with van der Waals surface area (Å²) >= 11 is 0. The molecule has 14 nitrogen and oxygen atoms in total. The van der Waals surface area contributed by atoms with Crippen molar-refractivity contribution in [1.82, 2.24) is 5.32 Å². The first-order chi connectivity index (χ1) is 22.7. The molecule has 0 aromatic heterocycles. The summed E-state index contributed by atoms with van der Waals surface area (Å²) in [4.78, 5) is 39.3. The van der Waals surface area contributed by atoms with Crippen molar-refractivity contribution >= 4 is 35.6 Å². The second kappa shape index (κ2) is 14.6. The van der Waals surface area contributed by atoms with Crippen molar-refractivity contribution in [2.45, 2.75) is 42.9 Å². The molecule has 0 aliphatic heterocycles. The molecular formula is C34H35NO13. The standard InChI is InChI=1S/C34H35NO13/c1-35-18-34(48-30(42)10-7-19-5-8-24(37)26(39)13-19)28(41)15-33(46,32(44)45)16-29(34)47-31(43)23(22-4-2-3-21(11-22)17-36)12-20-6-9-25(38)27(40)14-20/h2-14,28-29,35-41,46H,15-18H2,1H3,(H,44,45)/t28-,29-,33-,34-/m1/s1. The average Bonchev–Trinajstić information content (AvgIpc) is 3.04. The number of phenols is 4. The Hall–Kier alpha value is -5.41. The predicted octanol–water partition coefficient (Wildman–Crippen LogP) is 1.64. The lowest BCUT2D eigenvalue weighted by molar-refractivity contribution is -0.236. The van der Waals surface area contributed by atoms with Crippen LogP contribution in [0.4, 0.5) is 0 Å². The molecule has 1 saturated carbocycles. The lowest BCUT2D eigenvalue weighted by Crippen LogP contribution is -2.69. The van der Waals surface area contributed by atoms with Gasteiger partial charge in [-0.2, -0.15) is 0 Å². The molecule has 4 rings (SSSR count). The lowest BCUT2D eigenvalue weighted by atomic mass is 9.71. The molecule has 0 unspecified atom stereocenters. The van der Waals surface area contributed by atoms with E-state index in [1.807, 2.05) is 0 Å². The van der Waals surface area contributed by atoms with Crippen molar-refractivity contribution in [1.29, 1.82) is 0 Å². The minimum atomic E-state index is -2.60. The third-order valence-corrected chi connectivity index (χ3v) is 7.92. The minimum Gasteiger partial charge on any atom is -0.504 e. The van der Waals surface area contributed by atoms with Crippen LogP contribution >= 0.6 is 0 Å². The Kier molecular flexibility index (Phi) is 10.8. The van der Waals surface area contributed by atoms with Gasteiger partial charge in [0, 0.05) is 25.5 Å². The van der Waals surface area contributed by atoms with Gasteiger partial charge < -0.3 is 55.6 Å². The number of carboxylic acids is 1. The van der Waals surface area contributed by atoms with Gasteiger partial charge in [-0.3, -0.25) is 0 Å². The molecule has 254 valence electrons. The first kappa shape index (κ1) is 35.4. The van der Waals surface area contributed by atoms with Gasteiger partial charge in [0.2, 0.25) is 0 Å². The van der Waals surface area contributed by atoms with E-state index in [0.29, 0.717) is 5.56 Å². The third-order valence-electron chi connectivity index (χ3n) is 7.92. The average molecular weight is 666 g/mol. The largest absolute Gasteiger partial charge is 0.504 e. The van der Waals surface area contributed by atoms with Crippen LogP contribution in [0.1, 0.15) is 35.1 Å². The maximum Gasteiger partial charge on any atom is 0.339 e. The Bertz CT molecular complexity index is 1750. The van der Waals surface area contributed by atoms with Crippen LogP contribution in [0.3, 0.4) is 0 Å². The smallest absolute Gasteiger partial charge is 0.339 e. The van der Waals surface area contributed by atoms with E-state index in [0.717, 1.165) is 6.08 Å². The summed E-state index contributed by atoms with van der Waals surface area (Å²) in [7, 11) is 1.44. The predicted molar refractivity (Wildman–Crippen MR) is 169 cm³/mol. The van der Waals surface area contributed by atoms with Crippen molar-refractivity contribution < 1.29 is 64.7 Å². The molecule has 1 fully saturated rings. The molecule has 3 aromatic carbocycles. The van der Waals surface area contributed by atoms with Crippen molar-refractivity contribution in [2.24, 2.45) is 0 Å². The van der Waals surface area contributed by atoms with Gasteiger partial charge in [0.1, 0.15) is 12.2 Å². The number of carbonyl (C=O) groups excluding carboxylic acids is 2. The molecule has 0 spiro atoms. The molecule has 48 heavy (non-hydrogen) atoms. The number of likely N-dealkylation sites (N-methyl/N-ethyl adjacent to an activating group) is 1. The van der Waals surface area contributed by atoms with Crippen LogP contribution in [0, 0.1) is 0 Å². The zero-order valence-corrected chi connectivity index (χ0v) is 25.6. The van der Waals surface area contributed by atoms with Crippen LogP contribution in [-0.4, -0.2) is 95.8 Å². The number of carbonyl (C=O) groups is 3. The molecule has 3 aromatic rings. The number of aromatic hydroxyl groups is 4. The fourth-order valence-electron chi connectivity index (χ4n) is 5.38. The van der Waals surface area contributed by atoms with Crippen molar-refractivity contribution in [3.63, 3.8) is 0 Å². The van der Waals surface area contributed by atoms with E-state index >= 15 is 0 Å². The van der Waals surface area contributed by atoms with Gasteiger partial charge in [0.15, 0.2) is 34.2 Å². The number of phenolic OH excluding ortho intramolecular Hbond substituents is 4. The zero-order valence-electron chi connectivity index (χ0n) is 25.6. The van der Waals surface area contributed by atoms with E-state index in [-0.39, 0.29) is 41.2 Å².